The summed E-state index contributed by atoms with van der Waals surface area (Å²) in [6.07, 6.45) is 0. The zero-order valence-electron chi connectivity index (χ0n) is 14.0. The minimum atomic E-state index is -0.830. The maximum atomic E-state index is 13.4. The van der Waals surface area contributed by atoms with Crippen molar-refractivity contribution in [3.8, 4) is 33.4 Å². The van der Waals surface area contributed by atoms with Gasteiger partial charge in [0.25, 0.3) is 0 Å². The lowest BCUT2D eigenvalue weighted by atomic mass is 9.98. The summed E-state index contributed by atoms with van der Waals surface area (Å²) in [7, 11) is 0. The van der Waals surface area contributed by atoms with Crippen molar-refractivity contribution >= 4 is 0 Å². The normalized spacial score (nSPS) is 10.7. The summed E-state index contributed by atoms with van der Waals surface area (Å²) in [5.74, 6) is -1.66. The smallest absolute Gasteiger partial charge is 0.159 e. The van der Waals surface area contributed by atoms with Gasteiger partial charge < -0.3 is 0 Å². The highest BCUT2D eigenvalue weighted by atomic mass is 19.2. The number of hydrogen-bond donors (Lipinski definition) is 0. The van der Waals surface area contributed by atoms with Crippen LogP contribution < -0.4 is 0 Å². The van der Waals surface area contributed by atoms with Crippen LogP contribution in [0.5, 0.6) is 0 Å². The molecule has 0 aromatic heterocycles. The third-order valence-electron chi connectivity index (χ3n) is 4.46. The average molecular weight is 342 g/mol. The van der Waals surface area contributed by atoms with Gasteiger partial charge in [-0.15, -0.1) is 0 Å². The van der Waals surface area contributed by atoms with Crippen LogP contribution in [-0.4, -0.2) is 0 Å². The van der Waals surface area contributed by atoms with Gasteiger partial charge in [-0.1, -0.05) is 84.9 Å². The zero-order chi connectivity index (χ0) is 17.9. The van der Waals surface area contributed by atoms with Gasteiger partial charge in [-0.05, 0) is 45.5 Å². The molecule has 0 heterocycles. The van der Waals surface area contributed by atoms with E-state index >= 15 is 0 Å². The lowest BCUT2D eigenvalue weighted by molar-refractivity contribution is 0.509. The van der Waals surface area contributed by atoms with Crippen LogP contribution in [-0.2, 0) is 0 Å². The molecule has 4 aromatic carbocycles. The first kappa shape index (κ1) is 16.2. The topological polar surface area (TPSA) is 0 Å². The first-order chi connectivity index (χ1) is 12.7. The van der Waals surface area contributed by atoms with Crippen LogP contribution in [0.25, 0.3) is 33.4 Å². The predicted octanol–water partition coefficient (Wildman–Crippen LogP) is 6.97. The van der Waals surface area contributed by atoms with E-state index in [2.05, 4.69) is 36.4 Å². The van der Waals surface area contributed by atoms with Gasteiger partial charge >= 0.3 is 0 Å². The monoisotopic (exact) mass is 342 g/mol. The van der Waals surface area contributed by atoms with E-state index in [0.717, 1.165) is 22.8 Å². The summed E-state index contributed by atoms with van der Waals surface area (Å²) < 4.78 is 26.5. The minimum absolute atomic E-state index is 0.662. The lowest BCUT2D eigenvalue weighted by Crippen LogP contribution is -1.86. The Bertz CT molecular complexity index is 1020. The Morgan fingerprint density at radius 1 is 0.346 bits per heavy atom. The van der Waals surface area contributed by atoms with Crippen LogP contribution in [0.2, 0.25) is 0 Å². The molecular weight excluding hydrogens is 326 g/mol. The van der Waals surface area contributed by atoms with Crippen molar-refractivity contribution < 1.29 is 8.78 Å². The average Bonchev–Trinajstić information content (AvgIpc) is 2.71. The molecule has 4 aromatic rings. The van der Waals surface area contributed by atoms with E-state index in [-0.39, 0.29) is 0 Å². The van der Waals surface area contributed by atoms with Gasteiger partial charge in [-0.3, -0.25) is 0 Å². The van der Waals surface area contributed by atoms with Gasteiger partial charge in [-0.2, -0.15) is 0 Å². The fourth-order valence-electron chi connectivity index (χ4n) is 3.02. The molecule has 0 saturated carbocycles. The summed E-state index contributed by atoms with van der Waals surface area (Å²) >= 11 is 0. The van der Waals surface area contributed by atoms with E-state index in [1.54, 1.807) is 6.07 Å². The van der Waals surface area contributed by atoms with Crippen molar-refractivity contribution in [3.63, 3.8) is 0 Å². The minimum Gasteiger partial charge on any atom is -0.204 e. The van der Waals surface area contributed by atoms with Gasteiger partial charge in [0, 0.05) is 0 Å². The van der Waals surface area contributed by atoms with Crippen molar-refractivity contribution in [2.24, 2.45) is 0 Å². The first-order valence-corrected chi connectivity index (χ1v) is 8.42. The van der Waals surface area contributed by atoms with Gasteiger partial charge in [0.15, 0.2) is 11.6 Å². The number of halogens is 2. The van der Waals surface area contributed by atoms with Gasteiger partial charge in [-0.25, -0.2) is 8.78 Å². The fourth-order valence-corrected chi connectivity index (χ4v) is 3.02. The molecule has 0 fully saturated rings. The summed E-state index contributed by atoms with van der Waals surface area (Å²) in [5.41, 5.74) is 6.07. The Morgan fingerprint density at radius 2 is 0.731 bits per heavy atom. The molecule has 26 heavy (non-hydrogen) atoms. The molecule has 0 aliphatic heterocycles. The van der Waals surface area contributed by atoms with E-state index < -0.39 is 11.6 Å². The number of rotatable bonds is 3. The van der Waals surface area contributed by atoms with E-state index in [1.807, 2.05) is 42.5 Å². The Labute approximate surface area is 151 Å². The molecule has 126 valence electrons. The number of benzene rings is 4. The number of hydrogen-bond acceptors (Lipinski definition) is 0. The van der Waals surface area contributed by atoms with Crippen molar-refractivity contribution in [2.45, 2.75) is 0 Å². The molecule has 0 nitrogen and oxygen atoms in total. The van der Waals surface area contributed by atoms with Crippen molar-refractivity contribution in [2.75, 3.05) is 0 Å². The molecule has 2 heteroatoms. The van der Waals surface area contributed by atoms with Crippen LogP contribution in [0.1, 0.15) is 0 Å². The van der Waals surface area contributed by atoms with Crippen LogP contribution >= 0.6 is 0 Å². The second-order valence-corrected chi connectivity index (χ2v) is 6.15. The summed E-state index contributed by atoms with van der Waals surface area (Å²) in [6, 6.07) is 30.4. The highest BCUT2D eigenvalue weighted by Crippen LogP contribution is 2.28. The molecule has 0 bridgehead atoms. The second-order valence-electron chi connectivity index (χ2n) is 6.15. The highest BCUT2D eigenvalue weighted by molar-refractivity contribution is 5.73. The molecule has 0 amide bonds. The Kier molecular flexibility index (Phi) is 4.32. The van der Waals surface area contributed by atoms with Gasteiger partial charge in [0.05, 0.1) is 0 Å². The predicted molar refractivity (Wildman–Crippen MR) is 103 cm³/mol. The third kappa shape index (κ3) is 3.27. The summed E-state index contributed by atoms with van der Waals surface area (Å²) in [5, 5.41) is 0. The molecule has 0 aliphatic rings. The van der Waals surface area contributed by atoms with Crippen molar-refractivity contribution in [3.05, 3.63) is 109 Å². The van der Waals surface area contributed by atoms with Gasteiger partial charge in [0.1, 0.15) is 0 Å². The maximum Gasteiger partial charge on any atom is 0.159 e. The van der Waals surface area contributed by atoms with Gasteiger partial charge in [0.2, 0.25) is 0 Å². The van der Waals surface area contributed by atoms with E-state index in [9.17, 15) is 8.78 Å². The molecular formula is C24H16F2. The Hall–Kier alpha value is -3.26. The Morgan fingerprint density at radius 3 is 1.19 bits per heavy atom. The molecule has 0 radical (unpaired) electrons. The van der Waals surface area contributed by atoms with Crippen LogP contribution in [0.3, 0.4) is 0 Å². The molecule has 0 spiro atoms. The molecule has 0 N–H and O–H groups in total. The molecule has 0 atom stereocenters. The van der Waals surface area contributed by atoms with E-state index in [1.165, 1.54) is 17.2 Å². The Balaban J connectivity index is 1.59. The largest absolute Gasteiger partial charge is 0.204 e. The fraction of sp³-hybridized carbons (Fsp3) is 0. The summed E-state index contributed by atoms with van der Waals surface area (Å²) in [6.45, 7) is 0. The second kappa shape index (κ2) is 6.93. The first-order valence-electron chi connectivity index (χ1n) is 8.42. The quantitative estimate of drug-likeness (QED) is 0.377. The third-order valence-corrected chi connectivity index (χ3v) is 4.46. The molecule has 0 aliphatic carbocycles. The van der Waals surface area contributed by atoms with Crippen LogP contribution in [0.4, 0.5) is 8.78 Å². The van der Waals surface area contributed by atoms with E-state index in [4.69, 9.17) is 0 Å². The maximum absolute atomic E-state index is 13.4. The highest BCUT2D eigenvalue weighted by Gasteiger charge is 2.05. The van der Waals surface area contributed by atoms with Crippen LogP contribution in [0, 0.1) is 11.6 Å². The summed E-state index contributed by atoms with van der Waals surface area (Å²) in [4.78, 5) is 0. The molecule has 0 saturated heterocycles. The van der Waals surface area contributed by atoms with Crippen molar-refractivity contribution in [1.82, 2.24) is 0 Å². The molecule has 4 rings (SSSR count). The van der Waals surface area contributed by atoms with E-state index in [0.29, 0.717) is 5.56 Å². The van der Waals surface area contributed by atoms with Crippen LogP contribution in [0.15, 0.2) is 97.1 Å². The standard InChI is InChI=1S/C24H16F2/c25-23-15-14-22(16-24(23)26)21-12-10-20(11-13-21)19-8-6-18(7-9-19)17-4-2-1-3-5-17/h1-16H. The van der Waals surface area contributed by atoms with Crippen molar-refractivity contribution in [1.29, 1.82) is 0 Å². The SMILES string of the molecule is Fc1ccc(-c2ccc(-c3ccc(-c4ccccc4)cc3)cc2)cc1F. The zero-order valence-corrected chi connectivity index (χ0v) is 14.0. The lowest BCUT2D eigenvalue weighted by Gasteiger charge is -2.07. The molecule has 0 unspecified atom stereocenters.